The Kier molecular flexibility index (Phi) is 6.29. The number of hydrogen-bond donors (Lipinski definition) is 0. The Morgan fingerprint density at radius 1 is 0.920 bits per heavy atom. The van der Waals surface area contributed by atoms with Crippen molar-refractivity contribution >= 4 is 39.3 Å². The van der Waals surface area contributed by atoms with Gasteiger partial charge in [-0.25, -0.2) is 0 Å². The molecule has 3 heteroatoms. The summed E-state index contributed by atoms with van der Waals surface area (Å²) >= 11 is 2.24. The molecular weight excluding hydrogens is 421 g/mol. The Hall–Kier alpha value is -1.62. The normalized spacial score (nSPS) is 11.1. The van der Waals surface area contributed by atoms with Gasteiger partial charge in [0.25, 0.3) is 0 Å². The summed E-state index contributed by atoms with van der Waals surface area (Å²) in [6, 6.07) is 16.1. The van der Waals surface area contributed by atoms with Crippen LogP contribution in [0.3, 0.4) is 0 Å². The summed E-state index contributed by atoms with van der Waals surface area (Å²) < 4.78 is 3.26. The van der Waals surface area contributed by atoms with Crippen LogP contribution in [0.15, 0.2) is 54.7 Å². The van der Waals surface area contributed by atoms with E-state index in [-0.39, 0.29) is 5.78 Å². The molecule has 0 saturated heterocycles. The van der Waals surface area contributed by atoms with Crippen LogP contribution in [0.1, 0.15) is 54.9 Å². The van der Waals surface area contributed by atoms with Gasteiger partial charge in [-0.2, -0.15) is 0 Å². The van der Waals surface area contributed by atoms with Gasteiger partial charge in [0.05, 0.1) is 0 Å². The predicted octanol–water partition coefficient (Wildman–Crippen LogP) is 6.45. The van der Waals surface area contributed by atoms with Crippen LogP contribution < -0.4 is 0 Å². The molecule has 130 valence electrons. The summed E-state index contributed by atoms with van der Waals surface area (Å²) in [7, 11) is 0. The van der Waals surface area contributed by atoms with E-state index >= 15 is 0 Å². The third kappa shape index (κ3) is 4.14. The number of carbonyl (C=O) groups is 1. The number of benzene rings is 2. The molecule has 0 radical (unpaired) electrons. The molecule has 0 bridgehead atoms. The second kappa shape index (κ2) is 8.65. The van der Waals surface area contributed by atoms with Crippen LogP contribution in [0.2, 0.25) is 0 Å². The summed E-state index contributed by atoms with van der Waals surface area (Å²) in [6.45, 7) is 3.21. The van der Waals surface area contributed by atoms with Crippen molar-refractivity contribution in [2.75, 3.05) is 0 Å². The van der Waals surface area contributed by atoms with E-state index in [1.807, 2.05) is 30.3 Å². The third-order valence-corrected chi connectivity index (χ3v) is 5.59. The molecule has 3 aromatic rings. The Bertz CT molecular complexity index is 865. The lowest BCUT2D eigenvalue weighted by Gasteiger charge is -2.05. The zero-order valence-electron chi connectivity index (χ0n) is 14.7. The van der Waals surface area contributed by atoms with Crippen LogP contribution in [-0.2, 0) is 6.54 Å². The van der Waals surface area contributed by atoms with Gasteiger partial charge in [-0.1, -0.05) is 62.9 Å². The van der Waals surface area contributed by atoms with Crippen molar-refractivity contribution in [3.63, 3.8) is 0 Å². The molecule has 0 saturated carbocycles. The molecule has 0 aliphatic rings. The first-order chi connectivity index (χ1) is 12.2. The molecular formula is C22H24INO. The molecule has 1 aromatic heterocycles. The van der Waals surface area contributed by atoms with Crippen LogP contribution in [0.4, 0.5) is 0 Å². The minimum Gasteiger partial charge on any atom is -0.347 e. The fraction of sp³-hybridized carbons (Fsp3) is 0.318. The number of para-hydroxylation sites is 1. The number of halogens is 1. The molecule has 3 rings (SSSR count). The maximum atomic E-state index is 13.1. The molecule has 0 spiro atoms. The lowest BCUT2D eigenvalue weighted by atomic mass is 10.0. The van der Waals surface area contributed by atoms with Crippen molar-refractivity contribution in [1.82, 2.24) is 4.57 Å². The molecule has 2 aromatic carbocycles. The van der Waals surface area contributed by atoms with Crippen molar-refractivity contribution in [2.45, 2.75) is 45.6 Å². The number of hydrogen-bond acceptors (Lipinski definition) is 1. The highest BCUT2D eigenvalue weighted by atomic mass is 127. The third-order valence-electron chi connectivity index (χ3n) is 4.65. The van der Waals surface area contributed by atoms with Gasteiger partial charge in [0.15, 0.2) is 5.78 Å². The highest BCUT2D eigenvalue weighted by molar-refractivity contribution is 14.1. The molecule has 0 fully saturated rings. The monoisotopic (exact) mass is 445 g/mol. The number of rotatable bonds is 8. The summed E-state index contributed by atoms with van der Waals surface area (Å²) in [5.41, 5.74) is 2.76. The second-order valence-electron chi connectivity index (χ2n) is 6.48. The molecule has 0 amide bonds. The Labute approximate surface area is 163 Å². The minimum absolute atomic E-state index is 0.117. The van der Waals surface area contributed by atoms with Crippen LogP contribution in [-0.4, -0.2) is 10.4 Å². The van der Waals surface area contributed by atoms with Crippen LogP contribution in [0.25, 0.3) is 10.9 Å². The van der Waals surface area contributed by atoms with E-state index in [2.05, 4.69) is 58.5 Å². The number of fused-ring (bicyclic) bond motifs is 1. The van der Waals surface area contributed by atoms with Gasteiger partial charge < -0.3 is 4.57 Å². The van der Waals surface area contributed by atoms with Gasteiger partial charge >= 0.3 is 0 Å². The van der Waals surface area contributed by atoms with Gasteiger partial charge in [0, 0.05) is 38.3 Å². The molecule has 2 nitrogen and oxygen atoms in total. The van der Waals surface area contributed by atoms with Crippen LogP contribution in [0.5, 0.6) is 0 Å². The summed E-state index contributed by atoms with van der Waals surface area (Å²) in [6.07, 6.45) is 8.33. The maximum Gasteiger partial charge on any atom is 0.196 e. The Morgan fingerprint density at radius 2 is 1.64 bits per heavy atom. The van der Waals surface area contributed by atoms with Gasteiger partial charge in [0.1, 0.15) is 0 Å². The first-order valence-electron chi connectivity index (χ1n) is 9.09. The summed E-state index contributed by atoms with van der Waals surface area (Å²) in [5, 5.41) is 1.06. The predicted molar refractivity (Wildman–Crippen MR) is 113 cm³/mol. The molecule has 0 atom stereocenters. The largest absolute Gasteiger partial charge is 0.347 e. The average Bonchev–Trinajstić information content (AvgIpc) is 3.00. The number of aromatic nitrogens is 1. The summed E-state index contributed by atoms with van der Waals surface area (Å²) in [5.74, 6) is 0.117. The van der Waals surface area contributed by atoms with Gasteiger partial charge in [0.2, 0.25) is 0 Å². The van der Waals surface area contributed by atoms with Crippen molar-refractivity contribution in [1.29, 1.82) is 0 Å². The van der Waals surface area contributed by atoms with E-state index < -0.39 is 0 Å². The van der Waals surface area contributed by atoms with E-state index in [1.54, 1.807) is 0 Å². The van der Waals surface area contributed by atoms with Crippen molar-refractivity contribution in [2.24, 2.45) is 0 Å². The standard InChI is InChI=1S/C22H24INO/c1-2-3-4-5-10-15-24-16-19(17-11-7-9-14-21(17)24)22(25)18-12-6-8-13-20(18)23/h6-9,11-14,16H,2-5,10,15H2,1H3. The molecule has 0 unspecified atom stereocenters. The van der Waals surface area contributed by atoms with E-state index in [0.717, 1.165) is 38.6 Å². The van der Waals surface area contributed by atoms with Gasteiger partial charge in [-0.15, -0.1) is 0 Å². The maximum absolute atomic E-state index is 13.1. The Balaban J connectivity index is 1.89. The summed E-state index contributed by atoms with van der Waals surface area (Å²) in [4.78, 5) is 13.1. The van der Waals surface area contributed by atoms with Crippen LogP contribution >= 0.6 is 22.6 Å². The molecule has 0 aliphatic heterocycles. The first kappa shape index (κ1) is 18.2. The quantitative estimate of drug-likeness (QED) is 0.222. The van der Waals surface area contributed by atoms with Crippen molar-refractivity contribution < 1.29 is 4.79 Å². The zero-order valence-corrected chi connectivity index (χ0v) is 16.8. The van der Waals surface area contributed by atoms with E-state index in [4.69, 9.17) is 0 Å². The molecule has 1 heterocycles. The lowest BCUT2D eigenvalue weighted by molar-refractivity contribution is 0.103. The smallest absolute Gasteiger partial charge is 0.196 e. The topological polar surface area (TPSA) is 22.0 Å². The highest BCUT2D eigenvalue weighted by Gasteiger charge is 2.18. The fourth-order valence-electron chi connectivity index (χ4n) is 3.29. The number of nitrogens with zero attached hydrogens (tertiary/aromatic N) is 1. The molecule has 0 N–H and O–H groups in total. The highest BCUT2D eigenvalue weighted by Crippen LogP contribution is 2.26. The van der Waals surface area contributed by atoms with E-state index in [1.165, 1.54) is 25.7 Å². The van der Waals surface area contributed by atoms with Gasteiger partial charge in [-0.05, 0) is 47.2 Å². The van der Waals surface area contributed by atoms with Crippen molar-refractivity contribution in [3.05, 3.63) is 69.4 Å². The fourth-order valence-corrected chi connectivity index (χ4v) is 3.92. The van der Waals surface area contributed by atoms with Crippen molar-refractivity contribution in [3.8, 4) is 0 Å². The average molecular weight is 445 g/mol. The number of ketones is 1. The van der Waals surface area contributed by atoms with Gasteiger partial charge in [-0.3, -0.25) is 4.79 Å². The number of unbranched alkanes of at least 4 members (excludes halogenated alkanes) is 4. The number of carbonyl (C=O) groups excluding carboxylic acids is 1. The lowest BCUT2D eigenvalue weighted by Crippen LogP contribution is -2.03. The zero-order chi connectivity index (χ0) is 17.6. The van der Waals surface area contributed by atoms with E-state index in [9.17, 15) is 4.79 Å². The Morgan fingerprint density at radius 3 is 2.44 bits per heavy atom. The molecule has 25 heavy (non-hydrogen) atoms. The van der Waals surface area contributed by atoms with E-state index in [0.29, 0.717) is 0 Å². The van der Waals surface area contributed by atoms with Crippen LogP contribution in [0, 0.1) is 3.57 Å². The SMILES string of the molecule is CCCCCCCn1cc(C(=O)c2ccccc2I)c2ccccc21. The molecule has 0 aliphatic carbocycles. The second-order valence-corrected chi connectivity index (χ2v) is 7.64. The number of aryl methyl sites for hydroxylation is 1. The minimum atomic E-state index is 0.117. The first-order valence-corrected chi connectivity index (χ1v) is 10.2.